The minimum absolute atomic E-state index is 0.0904. The van der Waals surface area contributed by atoms with Crippen molar-refractivity contribution in [2.75, 3.05) is 23.9 Å². The van der Waals surface area contributed by atoms with E-state index in [4.69, 9.17) is 0 Å². The van der Waals surface area contributed by atoms with Crippen LogP contribution in [0.25, 0.3) is 0 Å². The summed E-state index contributed by atoms with van der Waals surface area (Å²) in [4.78, 5) is 66.0. The number of carboxylic acid groups (broad SMARTS) is 1. The molecule has 0 saturated carbocycles. The molecule has 3 aromatic rings. The van der Waals surface area contributed by atoms with Crippen molar-refractivity contribution in [1.29, 1.82) is 0 Å². The zero-order chi connectivity index (χ0) is 32.1. The van der Waals surface area contributed by atoms with Crippen LogP contribution in [0.4, 0.5) is 10.5 Å². The fourth-order valence-corrected chi connectivity index (χ4v) is 7.19. The van der Waals surface area contributed by atoms with E-state index < -0.39 is 35.2 Å². The average Bonchev–Trinajstić information content (AvgIpc) is 3.46. The molecule has 16 heteroatoms. The van der Waals surface area contributed by atoms with Crippen molar-refractivity contribution in [3.05, 3.63) is 77.0 Å². The number of carbonyl (C=O) groups excluding carboxylic acids is 4. The third-order valence-electron chi connectivity index (χ3n) is 7.28. The molecule has 3 heterocycles. The topological polar surface area (TPSA) is 180 Å². The molecule has 2 aromatic carbocycles. The van der Waals surface area contributed by atoms with Crippen molar-refractivity contribution in [2.45, 2.75) is 35.8 Å². The van der Waals surface area contributed by atoms with Gasteiger partial charge in [0.1, 0.15) is 17.1 Å². The summed E-state index contributed by atoms with van der Waals surface area (Å²) in [7, 11) is 3.07. The van der Waals surface area contributed by atoms with E-state index in [1.54, 1.807) is 31.3 Å². The second kappa shape index (κ2) is 13.9. The number of aryl methyl sites for hydroxylation is 2. The first-order valence-corrected chi connectivity index (χ1v) is 15.9. The number of carbonyl (C=O) groups is 5. The molecule has 45 heavy (non-hydrogen) atoms. The van der Waals surface area contributed by atoms with Gasteiger partial charge in [-0.25, -0.2) is 14.3 Å². The van der Waals surface area contributed by atoms with Crippen LogP contribution in [0.3, 0.4) is 0 Å². The van der Waals surface area contributed by atoms with E-state index in [-0.39, 0.29) is 30.2 Å². The average molecular weight is 651 g/mol. The van der Waals surface area contributed by atoms with Crippen molar-refractivity contribution in [3.63, 3.8) is 0 Å². The first-order valence-electron chi connectivity index (χ1n) is 13.9. The predicted octanol–water partition coefficient (Wildman–Crippen LogP) is 1.91. The molecule has 1 unspecified atom stereocenters. The summed E-state index contributed by atoms with van der Waals surface area (Å²) in [6.07, 6.45) is 0.496. The number of hydrogen-bond donors (Lipinski definition) is 3. The van der Waals surface area contributed by atoms with Gasteiger partial charge in [-0.3, -0.25) is 24.2 Å². The number of tetrazole rings is 1. The van der Waals surface area contributed by atoms with Crippen LogP contribution in [0.1, 0.15) is 17.5 Å². The molecule has 1 fully saturated rings. The number of aromatic nitrogens is 4. The number of anilines is 1. The lowest BCUT2D eigenvalue weighted by Gasteiger charge is -2.49. The molecule has 234 valence electrons. The zero-order valence-electron chi connectivity index (χ0n) is 24.4. The summed E-state index contributed by atoms with van der Waals surface area (Å²) in [5.41, 5.74) is 2.29. The number of para-hydroxylation sites is 1. The second-order valence-electron chi connectivity index (χ2n) is 10.3. The summed E-state index contributed by atoms with van der Waals surface area (Å²) < 4.78 is 1.47. The van der Waals surface area contributed by atoms with Gasteiger partial charge in [0, 0.05) is 37.7 Å². The highest BCUT2D eigenvalue weighted by Crippen LogP contribution is 2.41. The fourth-order valence-electron chi connectivity index (χ4n) is 4.86. The smallest absolute Gasteiger partial charge is 0.352 e. The van der Waals surface area contributed by atoms with E-state index in [1.807, 2.05) is 30.3 Å². The lowest BCUT2D eigenvalue weighted by molar-refractivity contribution is -0.150. The number of amides is 5. The monoisotopic (exact) mass is 650 g/mol. The Kier molecular flexibility index (Phi) is 9.83. The Bertz CT molecular complexity index is 1660. The van der Waals surface area contributed by atoms with Gasteiger partial charge in [0.25, 0.3) is 5.91 Å². The molecular formula is C29H30N8O6S2. The molecule has 5 amide bonds. The Morgan fingerprint density at radius 2 is 1.84 bits per heavy atom. The van der Waals surface area contributed by atoms with Gasteiger partial charge in [0.05, 0.1) is 6.42 Å². The molecule has 2 aliphatic heterocycles. The molecule has 5 rings (SSSR count). The summed E-state index contributed by atoms with van der Waals surface area (Å²) in [6, 6.07) is 14.6. The number of aliphatic carboxylic acids is 1. The lowest BCUT2D eigenvalue weighted by atomic mass is 10.0. The predicted molar refractivity (Wildman–Crippen MR) is 166 cm³/mol. The molecule has 0 aliphatic carbocycles. The van der Waals surface area contributed by atoms with E-state index >= 15 is 0 Å². The number of hydrogen-bond acceptors (Lipinski definition) is 10. The summed E-state index contributed by atoms with van der Waals surface area (Å²) in [5.74, 6) is -1.93. The number of rotatable bonds is 11. The van der Waals surface area contributed by atoms with Crippen LogP contribution >= 0.6 is 23.5 Å². The number of benzene rings is 2. The van der Waals surface area contributed by atoms with Crippen LogP contribution in [0.5, 0.6) is 0 Å². The van der Waals surface area contributed by atoms with E-state index in [0.29, 0.717) is 34.2 Å². The standard InChI is InChI=1S/C29H30N8O6S2/c1-35(22(39)13-12-17-8-4-3-5-9-17)28(43)30-20-11-7-6-10-18(20)14-21(38)31-23-25(40)37-24(27(41)42)19(15-44-26(23)37)16-45-29-32-33-34-36(29)2/h3-11,23,26H,12-16H2,1-2H3,(H,30,43)(H,31,38)(H,41,42)/t23?,26-/m1/s1. The number of nitrogens with one attached hydrogen (secondary N) is 2. The largest absolute Gasteiger partial charge is 0.477 e. The number of urea groups is 1. The van der Waals surface area contributed by atoms with E-state index in [1.165, 1.54) is 40.2 Å². The SMILES string of the molecule is CN(C(=O)CCc1ccccc1)C(=O)Nc1ccccc1CC(=O)NC1C(=O)N2C(C(=O)O)=C(CSc3nnnn3C)CS[C@H]12. The summed E-state index contributed by atoms with van der Waals surface area (Å²) in [6.45, 7) is 0. The second-order valence-corrected chi connectivity index (χ2v) is 12.3. The summed E-state index contributed by atoms with van der Waals surface area (Å²) in [5, 5.41) is 26.5. The number of carboxylic acids is 1. The maximum Gasteiger partial charge on any atom is 0.352 e. The van der Waals surface area contributed by atoms with Crippen LogP contribution in [0.2, 0.25) is 0 Å². The van der Waals surface area contributed by atoms with Gasteiger partial charge in [-0.2, -0.15) is 0 Å². The molecule has 1 saturated heterocycles. The Morgan fingerprint density at radius 1 is 1.11 bits per heavy atom. The highest BCUT2D eigenvalue weighted by atomic mass is 32.2. The maximum atomic E-state index is 13.1. The van der Waals surface area contributed by atoms with Crippen molar-refractivity contribution in [2.24, 2.45) is 7.05 Å². The van der Waals surface area contributed by atoms with Crippen molar-refractivity contribution < 1.29 is 29.1 Å². The van der Waals surface area contributed by atoms with Gasteiger partial charge in [-0.15, -0.1) is 16.9 Å². The summed E-state index contributed by atoms with van der Waals surface area (Å²) >= 11 is 2.63. The van der Waals surface area contributed by atoms with Gasteiger partial charge < -0.3 is 15.7 Å². The fraction of sp³-hybridized carbons (Fsp3) is 0.310. The lowest BCUT2D eigenvalue weighted by Crippen LogP contribution is -2.70. The van der Waals surface area contributed by atoms with Gasteiger partial charge in [0.2, 0.25) is 17.0 Å². The van der Waals surface area contributed by atoms with Crippen LogP contribution in [-0.2, 0) is 39.1 Å². The number of nitrogens with zero attached hydrogens (tertiary/aromatic N) is 6. The number of fused-ring (bicyclic) bond motifs is 1. The van der Waals surface area contributed by atoms with Crippen LogP contribution < -0.4 is 10.6 Å². The Hall–Kier alpha value is -4.70. The van der Waals surface area contributed by atoms with Crippen LogP contribution in [0, 0.1) is 0 Å². The first kappa shape index (κ1) is 31.7. The van der Waals surface area contributed by atoms with Crippen molar-refractivity contribution >= 4 is 58.9 Å². The molecule has 2 atom stereocenters. The minimum Gasteiger partial charge on any atom is -0.477 e. The van der Waals surface area contributed by atoms with Gasteiger partial charge in [-0.1, -0.05) is 60.3 Å². The number of thioether (sulfide) groups is 2. The normalized spacial score (nSPS) is 17.3. The van der Waals surface area contributed by atoms with Gasteiger partial charge in [-0.05, 0) is 39.6 Å². The highest BCUT2D eigenvalue weighted by Gasteiger charge is 2.54. The Morgan fingerprint density at radius 3 is 2.56 bits per heavy atom. The quantitative estimate of drug-likeness (QED) is 0.204. The minimum atomic E-state index is -1.22. The first-order chi connectivity index (χ1) is 21.6. The molecule has 2 aliphatic rings. The third-order valence-corrected chi connectivity index (χ3v) is 9.72. The van der Waals surface area contributed by atoms with Crippen LogP contribution in [-0.4, -0.2) is 94.8 Å². The Labute approximate surface area is 266 Å². The molecule has 1 aromatic heterocycles. The molecule has 0 bridgehead atoms. The molecule has 0 spiro atoms. The van der Waals surface area contributed by atoms with E-state index in [2.05, 4.69) is 26.2 Å². The molecule has 0 radical (unpaired) electrons. The van der Waals surface area contributed by atoms with Crippen LogP contribution in [0.15, 0.2) is 71.0 Å². The van der Waals surface area contributed by atoms with Crippen molar-refractivity contribution in [1.82, 2.24) is 35.3 Å². The van der Waals surface area contributed by atoms with Gasteiger partial charge in [0.15, 0.2) is 0 Å². The molecule has 3 N–H and O–H groups in total. The molecule has 14 nitrogen and oxygen atoms in total. The van der Waals surface area contributed by atoms with Crippen molar-refractivity contribution in [3.8, 4) is 0 Å². The maximum absolute atomic E-state index is 13.1. The molecular weight excluding hydrogens is 621 g/mol. The number of β-lactam (4-membered cyclic amide) rings is 1. The third kappa shape index (κ3) is 7.17. The zero-order valence-corrected chi connectivity index (χ0v) is 26.0. The highest BCUT2D eigenvalue weighted by molar-refractivity contribution is 8.01. The number of imide groups is 1. The van der Waals surface area contributed by atoms with E-state index in [0.717, 1.165) is 10.5 Å². The Balaban J connectivity index is 1.17. The van der Waals surface area contributed by atoms with Gasteiger partial charge >= 0.3 is 12.0 Å². The van der Waals surface area contributed by atoms with E-state index in [9.17, 15) is 29.1 Å².